The molecule has 2 aliphatic heterocycles. The van der Waals surface area contributed by atoms with E-state index in [9.17, 15) is 0 Å². The van der Waals surface area contributed by atoms with Crippen molar-refractivity contribution < 1.29 is 4.74 Å². The number of ether oxygens (including phenoxy) is 1. The second kappa shape index (κ2) is 11.5. The van der Waals surface area contributed by atoms with Crippen LogP contribution >= 0.6 is 35.7 Å². The molecule has 4 nitrogen and oxygen atoms in total. The summed E-state index contributed by atoms with van der Waals surface area (Å²) in [7, 11) is 1.91. The third kappa shape index (κ3) is 6.53. The first-order valence-electron chi connectivity index (χ1n) is 9.87. The molecule has 2 heterocycles. The standard InChI is InChI=1S/C21H33N3OS.HI/c1-22-20(23-17-21(26-2)10-14-25-15-11-21)24-12-8-19(9-13-24)16-18-6-4-3-5-7-18;/h3-7,19H,8-17H2,1-2H3,(H,22,23);1H. The molecule has 0 aliphatic carbocycles. The summed E-state index contributed by atoms with van der Waals surface area (Å²) < 4.78 is 5.85. The third-order valence-electron chi connectivity index (χ3n) is 5.90. The maximum absolute atomic E-state index is 5.55. The van der Waals surface area contributed by atoms with E-state index in [2.05, 4.69) is 51.8 Å². The van der Waals surface area contributed by atoms with Crippen molar-refractivity contribution >= 4 is 41.7 Å². The number of hydrogen-bond donors (Lipinski definition) is 1. The maximum atomic E-state index is 5.55. The first kappa shape index (κ1) is 22.8. The topological polar surface area (TPSA) is 36.9 Å². The minimum atomic E-state index is 0. The summed E-state index contributed by atoms with van der Waals surface area (Å²) in [5.41, 5.74) is 1.47. The quantitative estimate of drug-likeness (QED) is 0.374. The van der Waals surface area contributed by atoms with Gasteiger partial charge < -0.3 is 15.0 Å². The number of nitrogens with zero attached hydrogens (tertiary/aromatic N) is 2. The van der Waals surface area contributed by atoms with E-state index in [0.29, 0.717) is 4.75 Å². The molecule has 6 heteroatoms. The summed E-state index contributed by atoms with van der Waals surface area (Å²) in [5, 5.41) is 3.66. The Morgan fingerprint density at radius 1 is 1.22 bits per heavy atom. The molecule has 0 aromatic heterocycles. The van der Waals surface area contributed by atoms with Gasteiger partial charge in [-0.2, -0.15) is 11.8 Å². The molecule has 2 fully saturated rings. The van der Waals surface area contributed by atoms with E-state index in [1.165, 1.54) is 24.8 Å². The van der Waals surface area contributed by atoms with Crippen LogP contribution in [0.5, 0.6) is 0 Å². The van der Waals surface area contributed by atoms with Crippen LogP contribution in [0.4, 0.5) is 0 Å². The van der Waals surface area contributed by atoms with Crippen molar-refractivity contribution in [3.63, 3.8) is 0 Å². The van der Waals surface area contributed by atoms with E-state index in [1.807, 2.05) is 18.8 Å². The van der Waals surface area contributed by atoms with E-state index >= 15 is 0 Å². The number of hydrogen-bond acceptors (Lipinski definition) is 3. The zero-order chi connectivity index (χ0) is 18.2. The van der Waals surface area contributed by atoms with E-state index in [1.54, 1.807) is 0 Å². The number of halogens is 1. The Morgan fingerprint density at radius 3 is 2.48 bits per heavy atom. The second-order valence-electron chi connectivity index (χ2n) is 7.52. The Hall–Kier alpha value is -0.470. The fraction of sp³-hybridized carbons (Fsp3) is 0.667. The summed E-state index contributed by atoms with van der Waals surface area (Å²) in [6, 6.07) is 10.9. The van der Waals surface area contributed by atoms with Gasteiger partial charge in [0.1, 0.15) is 0 Å². The Balaban J connectivity index is 0.00000261. The SMILES string of the molecule is CN=C(NCC1(SC)CCOCC1)N1CCC(Cc2ccccc2)CC1.I. The van der Waals surface area contributed by atoms with E-state index in [-0.39, 0.29) is 24.0 Å². The molecule has 2 aliphatic rings. The molecule has 152 valence electrons. The molecule has 2 saturated heterocycles. The van der Waals surface area contributed by atoms with Gasteiger partial charge in [0.05, 0.1) is 0 Å². The highest BCUT2D eigenvalue weighted by Gasteiger charge is 2.32. The van der Waals surface area contributed by atoms with Crippen LogP contribution in [0, 0.1) is 5.92 Å². The summed E-state index contributed by atoms with van der Waals surface area (Å²) in [6.07, 6.45) is 8.17. The minimum Gasteiger partial charge on any atom is -0.381 e. The third-order valence-corrected chi connectivity index (χ3v) is 7.32. The molecular formula is C21H34IN3OS. The van der Waals surface area contributed by atoms with Gasteiger partial charge >= 0.3 is 0 Å². The number of benzene rings is 1. The average molecular weight is 503 g/mol. The number of aliphatic imine (C=N–C) groups is 1. The molecule has 0 bridgehead atoms. The zero-order valence-electron chi connectivity index (χ0n) is 16.7. The molecule has 27 heavy (non-hydrogen) atoms. The Labute approximate surface area is 185 Å². The fourth-order valence-corrected chi connectivity index (χ4v) is 4.86. The molecule has 0 saturated carbocycles. The summed E-state index contributed by atoms with van der Waals surface area (Å²) in [5.74, 6) is 1.86. The molecule has 0 amide bonds. The zero-order valence-corrected chi connectivity index (χ0v) is 19.8. The van der Waals surface area contributed by atoms with Gasteiger partial charge in [-0.1, -0.05) is 30.3 Å². The number of rotatable bonds is 5. The van der Waals surface area contributed by atoms with Crippen LogP contribution in [0.25, 0.3) is 0 Å². The molecule has 0 atom stereocenters. The molecule has 3 rings (SSSR count). The lowest BCUT2D eigenvalue weighted by Gasteiger charge is -2.39. The van der Waals surface area contributed by atoms with Crippen molar-refractivity contribution in [2.24, 2.45) is 10.9 Å². The van der Waals surface area contributed by atoms with Gasteiger partial charge in [0.25, 0.3) is 0 Å². The Morgan fingerprint density at radius 2 is 1.89 bits per heavy atom. The van der Waals surface area contributed by atoms with Gasteiger partial charge in [0.15, 0.2) is 5.96 Å². The lowest BCUT2D eigenvalue weighted by molar-refractivity contribution is 0.0780. The van der Waals surface area contributed by atoms with E-state index in [4.69, 9.17) is 4.74 Å². The molecule has 1 N–H and O–H groups in total. The lowest BCUT2D eigenvalue weighted by Crippen LogP contribution is -2.51. The highest BCUT2D eigenvalue weighted by molar-refractivity contribution is 14.0. The van der Waals surface area contributed by atoms with Crippen LogP contribution in [-0.4, -0.2) is 61.8 Å². The maximum Gasteiger partial charge on any atom is 0.193 e. The monoisotopic (exact) mass is 503 g/mol. The smallest absolute Gasteiger partial charge is 0.193 e. The van der Waals surface area contributed by atoms with Gasteiger partial charge in [-0.05, 0) is 49.8 Å². The summed E-state index contributed by atoms with van der Waals surface area (Å²) >= 11 is 1.98. The fourth-order valence-electron chi connectivity index (χ4n) is 4.07. The molecule has 0 spiro atoms. The Kier molecular flexibility index (Phi) is 9.73. The van der Waals surface area contributed by atoms with Crippen LogP contribution in [0.2, 0.25) is 0 Å². The predicted octanol–water partition coefficient (Wildman–Crippen LogP) is 4.05. The van der Waals surface area contributed by atoms with Gasteiger partial charge in [0.2, 0.25) is 0 Å². The lowest BCUT2D eigenvalue weighted by atomic mass is 9.90. The number of likely N-dealkylation sites (tertiary alicyclic amines) is 1. The summed E-state index contributed by atoms with van der Waals surface area (Å²) in [6.45, 7) is 4.95. The van der Waals surface area contributed by atoms with Crippen LogP contribution in [0.15, 0.2) is 35.3 Å². The van der Waals surface area contributed by atoms with E-state index in [0.717, 1.165) is 57.6 Å². The first-order chi connectivity index (χ1) is 12.7. The Bertz CT molecular complexity index is 570. The van der Waals surface area contributed by atoms with Crippen LogP contribution in [-0.2, 0) is 11.2 Å². The molecule has 1 aromatic rings. The van der Waals surface area contributed by atoms with Crippen molar-refractivity contribution in [3.8, 4) is 0 Å². The number of thioether (sulfide) groups is 1. The molecule has 1 aromatic carbocycles. The highest BCUT2D eigenvalue weighted by atomic mass is 127. The highest BCUT2D eigenvalue weighted by Crippen LogP contribution is 2.33. The van der Waals surface area contributed by atoms with Crippen LogP contribution < -0.4 is 5.32 Å². The van der Waals surface area contributed by atoms with Crippen LogP contribution in [0.1, 0.15) is 31.2 Å². The second-order valence-corrected chi connectivity index (χ2v) is 8.79. The number of guanidine groups is 1. The van der Waals surface area contributed by atoms with Crippen molar-refractivity contribution in [3.05, 3.63) is 35.9 Å². The average Bonchev–Trinajstić information content (AvgIpc) is 2.71. The van der Waals surface area contributed by atoms with E-state index < -0.39 is 0 Å². The van der Waals surface area contributed by atoms with Gasteiger partial charge in [0, 0.05) is 44.6 Å². The van der Waals surface area contributed by atoms with Gasteiger partial charge in [-0.15, -0.1) is 24.0 Å². The minimum absolute atomic E-state index is 0. The number of piperidine rings is 1. The molecular weight excluding hydrogens is 469 g/mol. The van der Waals surface area contributed by atoms with Crippen LogP contribution in [0.3, 0.4) is 0 Å². The predicted molar refractivity (Wildman–Crippen MR) is 128 cm³/mol. The largest absolute Gasteiger partial charge is 0.381 e. The van der Waals surface area contributed by atoms with Gasteiger partial charge in [-0.25, -0.2) is 0 Å². The van der Waals surface area contributed by atoms with Crippen molar-refractivity contribution in [2.75, 3.05) is 46.2 Å². The molecule has 0 radical (unpaired) electrons. The normalized spacial score (nSPS) is 20.8. The molecule has 0 unspecified atom stereocenters. The summed E-state index contributed by atoms with van der Waals surface area (Å²) in [4.78, 5) is 7.00. The van der Waals surface area contributed by atoms with Crippen molar-refractivity contribution in [1.29, 1.82) is 0 Å². The van der Waals surface area contributed by atoms with Crippen molar-refractivity contribution in [2.45, 2.75) is 36.9 Å². The van der Waals surface area contributed by atoms with Crippen molar-refractivity contribution in [1.82, 2.24) is 10.2 Å². The van der Waals surface area contributed by atoms with Gasteiger partial charge in [-0.3, -0.25) is 4.99 Å². The number of nitrogens with one attached hydrogen (secondary N) is 1. The first-order valence-corrected chi connectivity index (χ1v) is 11.1.